The van der Waals surface area contributed by atoms with Gasteiger partial charge in [0.05, 0.1) is 10.0 Å². The van der Waals surface area contributed by atoms with Crippen LogP contribution in [0, 0.1) is 6.92 Å². The molecular weight excluding hydrogens is 458 g/mol. The molecule has 1 aromatic heterocycles. The van der Waals surface area contributed by atoms with E-state index in [-0.39, 0.29) is 0 Å². The molecule has 26 heavy (non-hydrogen) atoms. The van der Waals surface area contributed by atoms with Gasteiger partial charge in [-0.25, -0.2) is 9.78 Å². The lowest BCUT2D eigenvalue weighted by molar-refractivity contribution is 0.0737. The summed E-state index contributed by atoms with van der Waals surface area (Å²) in [5, 5.41) is 2.75. The van der Waals surface area contributed by atoms with E-state index < -0.39 is 5.97 Å². The van der Waals surface area contributed by atoms with E-state index in [9.17, 15) is 4.79 Å². The Bertz CT molecular complexity index is 1170. The number of fused-ring (bicyclic) bond motifs is 2. The van der Waals surface area contributed by atoms with Crippen molar-refractivity contribution < 1.29 is 9.53 Å². The monoisotopic (exact) mass is 469 g/mol. The lowest BCUT2D eigenvalue weighted by Gasteiger charge is -2.12. The average Bonchev–Trinajstić information content (AvgIpc) is 2.64. The average molecular weight is 471 g/mol. The first-order valence-electron chi connectivity index (χ1n) is 8.00. The Hall–Kier alpha value is -2.24. The summed E-state index contributed by atoms with van der Waals surface area (Å²) in [6.45, 7) is 1.91. The normalized spacial score (nSPS) is 11.0. The van der Waals surface area contributed by atoms with Crippen LogP contribution in [0.25, 0.3) is 21.7 Å². The van der Waals surface area contributed by atoms with Gasteiger partial charge in [0.15, 0.2) is 5.75 Å². The predicted molar refractivity (Wildman–Crippen MR) is 111 cm³/mol. The van der Waals surface area contributed by atoms with Crippen LogP contribution in [0.2, 0.25) is 0 Å². The largest absolute Gasteiger partial charge is 0.419 e. The molecule has 3 aromatic carbocycles. The third kappa shape index (κ3) is 3.02. The lowest BCUT2D eigenvalue weighted by Crippen LogP contribution is -2.10. The summed E-state index contributed by atoms with van der Waals surface area (Å²) < 4.78 is 7.35. The van der Waals surface area contributed by atoms with Crippen LogP contribution < -0.4 is 4.74 Å². The molecule has 0 N–H and O–H groups in total. The van der Waals surface area contributed by atoms with E-state index >= 15 is 0 Å². The highest BCUT2D eigenvalue weighted by molar-refractivity contribution is 9.11. The summed E-state index contributed by atoms with van der Waals surface area (Å²) in [6.07, 6.45) is 0. The Morgan fingerprint density at radius 2 is 1.69 bits per heavy atom. The van der Waals surface area contributed by atoms with Gasteiger partial charge in [-0.3, -0.25) is 0 Å². The number of aromatic nitrogens is 1. The Morgan fingerprint density at radius 3 is 2.54 bits per heavy atom. The summed E-state index contributed by atoms with van der Waals surface area (Å²) in [4.78, 5) is 17.5. The fourth-order valence-corrected chi connectivity index (χ4v) is 4.29. The zero-order valence-corrected chi connectivity index (χ0v) is 17.0. The summed E-state index contributed by atoms with van der Waals surface area (Å²) >= 11 is 7.04. The minimum atomic E-state index is -0.408. The van der Waals surface area contributed by atoms with Crippen molar-refractivity contribution in [1.29, 1.82) is 0 Å². The number of hydrogen-bond donors (Lipinski definition) is 0. The highest BCUT2D eigenvalue weighted by atomic mass is 79.9. The van der Waals surface area contributed by atoms with Gasteiger partial charge in [0.2, 0.25) is 0 Å². The first-order valence-corrected chi connectivity index (χ1v) is 9.58. The molecule has 0 saturated carbocycles. The van der Waals surface area contributed by atoms with Crippen molar-refractivity contribution in [3.8, 4) is 5.75 Å². The minimum absolute atomic E-state index is 0.408. The number of pyridine rings is 1. The molecule has 4 aromatic rings. The molecule has 0 atom stereocenters. The minimum Gasteiger partial charge on any atom is -0.419 e. The van der Waals surface area contributed by atoms with Crippen LogP contribution in [0.15, 0.2) is 69.6 Å². The quantitative estimate of drug-likeness (QED) is 0.250. The topological polar surface area (TPSA) is 39.2 Å². The Morgan fingerprint density at radius 1 is 0.923 bits per heavy atom. The number of aryl methyl sites for hydroxylation is 1. The van der Waals surface area contributed by atoms with Crippen molar-refractivity contribution in [2.45, 2.75) is 6.92 Å². The zero-order chi connectivity index (χ0) is 18.3. The third-order valence-electron chi connectivity index (χ3n) is 4.18. The number of esters is 1. The standard InChI is InChI=1S/C21H13Br2NO2/c1-12-9-10-16-17(22)11-18(23)20(19(16)24-12)26-21(25)15-8-4-6-13-5-2-3-7-14(13)15/h2-11H,1H3. The van der Waals surface area contributed by atoms with E-state index in [4.69, 9.17) is 4.74 Å². The van der Waals surface area contributed by atoms with Gasteiger partial charge < -0.3 is 4.74 Å². The molecule has 0 radical (unpaired) electrons. The van der Waals surface area contributed by atoms with E-state index in [0.717, 1.165) is 26.3 Å². The summed E-state index contributed by atoms with van der Waals surface area (Å²) in [5.41, 5.74) is 2.02. The van der Waals surface area contributed by atoms with E-state index in [1.54, 1.807) is 6.07 Å². The number of halogens is 2. The van der Waals surface area contributed by atoms with Crippen LogP contribution in [0.5, 0.6) is 5.75 Å². The molecule has 0 amide bonds. The molecule has 0 unspecified atom stereocenters. The maximum Gasteiger partial charge on any atom is 0.344 e. The zero-order valence-electron chi connectivity index (χ0n) is 13.8. The summed E-state index contributed by atoms with van der Waals surface area (Å²) in [7, 11) is 0. The second kappa shape index (κ2) is 6.82. The highest BCUT2D eigenvalue weighted by Crippen LogP contribution is 2.38. The second-order valence-corrected chi connectivity index (χ2v) is 7.64. The molecule has 0 bridgehead atoms. The van der Waals surface area contributed by atoms with Crippen LogP contribution in [0.3, 0.4) is 0 Å². The fourth-order valence-electron chi connectivity index (χ4n) is 2.94. The predicted octanol–water partition coefficient (Wildman–Crippen LogP) is 6.44. The molecule has 0 fully saturated rings. The number of carbonyl (C=O) groups is 1. The van der Waals surface area contributed by atoms with E-state index in [2.05, 4.69) is 36.8 Å². The number of ether oxygens (including phenoxy) is 1. The van der Waals surface area contributed by atoms with Crippen LogP contribution in [0.1, 0.15) is 16.1 Å². The van der Waals surface area contributed by atoms with Crippen LogP contribution >= 0.6 is 31.9 Å². The van der Waals surface area contributed by atoms with Crippen molar-refractivity contribution >= 4 is 59.5 Å². The fraction of sp³-hybridized carbons (Fsp3) is 0.0476. The van der Waals surface area contributed by atoms with Crippen LogP contribution in [0.4, 0.5) is 0 Å². The van der Waals surface area contributed by atoms with Crippen LogP contribution in [-0.2, 0) is 0 Å². The lowest BCUT2D eigenvalue weighted by atomic mass is 10.0. The summed E-state index contributed by atoms with van der Waals surface area (Å²) in [5.74, 6) is 0.0132. The molecule has 1 heterocycles. The summed E-state index contributed by atoms with van der Waals surface area (Å²) in [6, 6.07) is 19.1. The van der Waals surface area contributed by atoms with Crippen molar-refractivity contribution in [3.63, 3.8) is 0 Å². The molecule has 0 aliphatic heterocycles. The third-order valence-corrected chi connectivity index (χ3v) is 5.43. The van der Waals surface area contributed by atoms with Gasteiger partial charge in [-0.15, -0.1) is 0 Å². The maximum atomic E-state index is 12.9. The molecule has 3 nitrogen and oxygen atoms in total. The Balaban J connectivity index is 1.84. The van der Waals surface area contributed by atoms with E-state index in [1.807, 2.05) is 61.5 Å². The van der Waals surface area contributed by atoms with Crippen LogP contribution in [-0.4, -0.2) is 11.0 Å². The Labute approximate surface area is 167 Å². The number of hydrogen-bond acceptors (Lipinski definition) is 3. The molecule has 0 aliphatic rings. The number of carbonyl (C=O) groups excluding carboxylic acids is 1. The van der Waals surface area contributed by atoms with Crippen molar-refractivity contribution in [2.75, 3.05) is 0 Å². The van der Waals surface area contributed by atoms with Crippen molar-refractivity contribution in [3.05, 3.63) is 80.9 Å². The second-order valence-electron chi connectivity index (χ2n) is 5.93. The first-order chi connectivity index (χ1) is 12.5. The van der Waals surface area contributed by atoms with Gasteiger partial charge in [-0.05, 0) is 57.9 Å². The Kier molecular flexibility index (Phi) is 4.51. The molecule has 4 rings (SSSR count). The van der Waals surface area contributed by atoms with Gasteiger partial charge in [0.1, 0.15) is 5.52 Å². The van der Waals surface area contributed by atoms with Gasteiger partial charge in [-0.1, -0.05) is 52.3 Å². The molecular formula is C21H13Br2NO2. The highest BCUT2D eigenvalue weighted by Gasteiger charge is 2.18. The van der Waals surface area contributed by atoms with E-state index in [1.165, 1.54) is 0 Å². The first kappa shape index (κ1) is 17.2. The molecule has 0 saturated heterocycles. The van der Waals surface area contributed by atoms with Gasteiger partial charge >= 0.3 is 5.97 Å². The molecule has 0 aliphatic carbocycles. The molecule has 5 heteroatoms. The molecule has 128 valence electrons. The smallest absolute Gasteiger partial charge is 0.344 e. The number of nitrogens with zero attached hydrogens (tertiary/aromatic N) is 1. The van der Waals surface area contributed by atoms with Gasteiger partial charge in [0, 0.05) is 15.6 Å². The number of rotatable bonds is 2. The van der Waals surface area contributed by atoms with Crippen molar-refractivity contribution in [1.82, 2.24) is 4.98 Å². The maximum absolute atomic E-state index is 12.9. The van der Waals surface area contributed by atoms with E-state index in [0.29, 0.717) is 21.3 Å². The molecule has 0 spiro atoms. The van der Waals surface area contributed by atoms with Gasteiger partial charge in [0.25, 0.3) is 0 Å². The SMILES string of the molecule is Cc1ccc2c(Br)cc(Br)c(OC(=O)c3cccc4ccccc34)c2n1. The van der Waals surface area contributed by atoms with Gasteiger partial charge in [-0.2, -0.15) is 0 Å². The van der Waals surface area contributed by atoms with Crippen molar-refractivity contribution in [2.24, 2.45) is 0 Å². The number of benzene rings is 3.